The van der Waals surface area contributed by atoms with Crippen LogP contribution in [0.1, 0.15) is 73.6 Å². The summed E-state index contributed by atoms with van der Waals surface area (Å²) in [4.78, 5) is 5.12. The SMILES string of the molecule is C=C(CC(C)(C)C)C(CCCCl)CCN1CCN(C(=C)CC(C)(C)C)CC1. The van der Waals surface area contributed by atoms with Crippen LogP contribution in [0.2, 0.25) is 0 Å². The highest BCUT2D eigenvalue weighted by Crippen LogP contribution is 2.32. The molecule has 0 bridgehead atoms. The van der Waals surface area contributed by atoms with Crippen LogP contribution >= 0.6 is 11.6 Å². The normalized spacial score (nSPS) is 17.8. The van der Waals surface area contributed by atoms with Crippen LogP contribution in [0.3, 0.4) is 0 Å². The molecule has 0 aromatic heterocycles. The Kier molecular flexibility index (Phi) is 9.92. The molecule has 0 amide bonds. The molecule has 0 aliphatic carbocycles. The lowest BCUT2D eigenvalue weighted by Gasteiger charge is -2.39. The van der Waals surface area contributed by atoms with E-state index in [1.54, 1.807) is 0 Å². The monoisotopic (exact) mass is 396 g/mol. The molecule has 0 spiro atoms. The molecule has 0 aromatic carbocycles. The van der Waals surface area contributed by atoms with E-state index in [0.29, 0.717) is 16.7 Å². The first kappa shape index (κ1) is 24.6. The first-order chi connectivity index (χ1) is 12.4. The molecule has 1 saturated heterocycles. The van der Waals surface area contributed by atoms with Crippen LogP contribution in [0.5, 0.6) is 0 Å². The van der Waals surface area contributed by atoms with Gasteiger partial charge in [0.25, 0.3) is 0 Å². The smallest absolute Gasteiger partial charge is 0.0303 e. The van der Waals surface area contributed by atoms with Crippen LogP contribution in [-0.2, 0) is 0 Å². The number of alkyl halides is 1. The van der Waals surface area contributed by atoms with E-state index in [2.05, 4.69) is 64.5 Å². The molecule has 27 heavy (non-hydrogen) atoms. The van der Waals surface area contributed by atoms with Gasteiger partial charge in [-0.25, -0.2) is 0 Å². The fourth-order valence-electron chi connectivity index (χ4n) is 4.05. The molecule has 1 fully saturated rings. The number of hydrogen-bond donors (Lipinski definition) is 0. The molecular formula is C24H45ClN2. The maximum Gasteiger partial charge on any atom is 0.0303 e. The Balaban J connectivity index is 2.46. The Morgan fingerprint density at radius 3 is 1.93 bits per heavy atom. The standard InChI is InChI=1S/C24H45ClN2/c1-20(18-23(3,4)5)22(10-9-12-25)11-13-26-14-16-27(17-15-26)21(2)19-24(6,7)8/h22H,1-2,9-19H2,3-8H3. The van der Waals surface area contributed by atoms with Crippen LogP contribution < -0.4 is 0 Å². The topological polar surface area (TPSA) is 6.48 Å². The Bertz CT molecular complexity index is 462. The molecule has 1 aliphatic rings. The minimum atomic E-state index is 0.315. The van der Waals surface area contributed by atoms with E-state index in [-0.39, 0.29) is 0 Å². The second-order valence-corrected chi connectivity index (χ2v) is 11.2. The third-order valence-corrected chi connectivity index (χ3v) is 5.64. The van der Waals surface area contributed by atoms with Gasteiger partial charge in [0.05, 0.1) is 0 Å². The summed E-state index contributed by atoms with van der Waals surface area (Å²) in [5.74, 6) is 1.37. The van der Waals surface area contributed by atoms with E-state index < -0.39 is 0 Å². The summed E-state index contributed by atoms with van der Waals surface area (Å²) >= 11 is 5.97. The van der Waals surface area contributed by atoms with Gasteiger partial charge in [0.1, 0.15) is 0 Å². The summed E-state index contributed by atoms with van der Waals surface area (Å²) in [6.07, 6.45) is 5.69. The number of allylic oxidation sites excluding steroid dienone is 2. The fraction of sp³-hybridized carbons (Fsp3) is 0.833. The van der Waals surface area contributed by atoms with Gasteiger partial charge in [0, 0.05) is 37.8 Å². The lowest BCUT2D eigenvalue weighted by atomic mass is 9.81. The zero-order valence-corrected chi connectivity index (χ0v) is 19.8. The third-order valence-electron chi connectivity index (χ3n) is 5.37. The van der Waals surface area contributed by atoms with E-state index in [4.69, 9.17) is 11.6 Å². The van der Waals surface area contributed by atoms with Crippen molar-refractivity contribution in [2.45, 2.75) is 73.6 Å². The van der Waals surface area contributed by atoms with Crippen molar-refractivity contribution in [3.05, 3.63) is 24.4 Å². The summed E-state index contributed by atoms with van der Waals surface area (Å²) in [6, 6.07) is 0. The van der Waals surface area contributed by atoms with Gasteiger partial charge in [-0.2, -0.15) is 0 Å². The number of nitrogens with zero attached hydrogens (tertiary/aromatic N) is 2. The second-order valence-electron chi connectivity index (χ2n) is 10.8. The Labute approximate surface area is 175 Å². The first-order valence-electron chi connectivity index (χ1n) is 10.8. The maximum atomic E-state index is 5.97. The van der Waals surface area contributed by atoms with Crippen molar-refractivity contribution < 1.29 is 0 Å². The van der Waals surface area contributed by atoms with Crippen molar-refractivity contribution in [2.75, 3.05) is 38.6 Å². The lowest BCUT2D eigenvalue weighted by molar-refractivity contribution is 0.144. The largest absolute Gasteiger partial charge is 0.373 e. The third kappa shape index (κ3) is 10.6. The quantitative estimate of drug-likeness (QED) is 0.304. The average Bonchev–Trinajstić information content (AvgIpc) is 2.52. The zero-order chi connectivity index (χ0) is 20.7. The molecule has 1 atom stereocenters. The molecule has 0 N–H and O–H groups in total. The highest BCUT2D eigenvalue weighted by molar-refractivity contribution is 6.17. The average molecular weight is 397 g/mol. The number of halogens is 1. The van der Waals surface area contributed by atoms with E-state index >= 15 is 0 Å². The highest BCUT2D eigenvalue weighted by Gasteiger charge is 2.23. The van der Waals surface area contributed by atoms with E-state index in [1.165, 1.54) is 30.7 Å². The fourth-order valence-corrected chi connectivity index (χ4v) is 4.21. The predicted octanol–water partition coefficient (Wildman–Crippen LogP) is 6.57. The van der Waals surface area contributed by atoms with E-state index in [0.717, 1.165) is 51.3 Å². The Morgan fingerprint density at radius 2 is 1.44 bits per heavy atom. The predicted molar refractivity (Wildman–Crippen MR) is 122 cm³/mol. The summed E-state index contributed by atoms with van der Waals surface area (Å²) in [7, 11) is 0. The van der Waals surface area contributed by atoms with Crippen molar-refractivity contribution in [1.29, 1.82) is 0 Å². The maximum absolute atomic E-state index is 5.97. The van der Waals surface area contributed by atoms with Gasteiger partial charge in [-0.15, -0.1) is 11.6 Å². The van der Waals surface area contributed by atoms with Crippen LogP contribution in [0, 0.1) is 16.7 Å². The van der Waals surface area contributed by atoms with Crippen LogP contribution in [0.15, 0.2) is 24.4 Å². The Morgan fingerprint density at radius 1 is 0.889 bits per heavy atom. The van der Waals surface area contributed by atoms with Crippen molar-refractivity contribution in [1.82, 2.24) is 9.80 Å². The minimum absolute atomic E-state index is 0.315. The molecule has 1 aliphatic heterocycles. The molecule has 0 radical (unpaired) electrons. The molecule has 0 saturated carbocycles. The van der Waals surface area contributed by atoms with Gasteiger partial charge in [0.2, 0.25) is 0 Å². The molecule has 1 rings (SSSR count). The van der Waals surface area contributed by atoms with E-state index in [9.17, 15) is 0 Å². The molecule has 1 heterocycles. The highest BCUT2D eigenvalue weighted by atomic mass is 35.5. The summed E-state index contributed by atoms with van der Waals surface area (Å²) < 4.78 is 0. The van der Waals surface area contributed by atoms with Crippen LogP contribution in [-0.4, -0.2) is 48.4 Å². The van der Waals surface area contributed by atoms with Gasteiger partial charge in [-0.1, -0.05) is 60.3 Å². The molecule has 158 valence electrons. The second kappa shape index (κ2) is 10.9. The zero-order valence-electron chi connectivity index (χ0n) is 19.0. The van der Waals surface area contributed by atoms with Gasteiger partial charge in [-0.05, 0) is 55.4 Å². The van der Waals surface area contributed by atoms with Crippen molar-refractivity contribution in [3.63, 3.8) is 0 Å². The van der Waals surface area contributed by atoms with Crippen LogP contribution in [0.25, 0.3) is 0 Å². The number of rotatable bonds is 10. The molecule has 1 unspecified atom stereocenters. The van der Waals surface area contributed by atoms with Crippen molar-refractivity contribution >= 4 is 11.6 Å². The van der Waals surface area contributed by atoms with Gasteiger partial charge in [-0.3, -0.25) is 4.90 Å². The molecule has 3 heteroatoms. The molecule has 2 nitrogen and oxygen atoms in total. The van der Waals surface area contributed by atoms with Crippen molar-refractivity contribution in [3.8, 4) is 0 Å². The number of piperazine rings is 1. The minimum Gasteiger partial charge on any atom is -0.373 e. The van der Waals surface area contributed by atoms with Gasteiger partial charge < -0.3 is 4.90 Å². The lowest BCUT2D eigenvalue weighted by Crippen LogP contribution is -2.46. The summed E-state index contributed by atoms with van der Waals surface area (Å²) in [5, 5.41) is 0. The Hall–Kier alpha value is -0.470. The van der Waals surface area contributed by atoms with Gasteiger partial charge >= 0.3 is 0 Å². The van der Waals surface area contributed by atoms with Crippen LogP contribution in [0.4, 0.5) is 0 Å². The van der Waals surface area contributed by atoms with Crippen molar-refractivity contribution in [2.24, 2.45) is 16.7 Å². The summed E-state index contributed by atoms with van der Waals surface area (Å²) in [5.41, 5.74) is 3.36. The van der Waals surface area contributed by atoms with Gasteiger partial charge in [0.15, 0.2) is 0 Å². The summed E-state index contributed by atoms with van der Waals surface area (Å²) in [6.45, 7) is 28.3. The van der Waals surface area contributed by atoms with E-state index in [1.807, 2.05) is 0 Å². The molecular weight excluding hydrogens is 352 g/mol. The molecule has 0 aromatic rings. The first-order valence-corrected chi connectivity index (χ1v) is 11.3. The number of hydrogen-bond acceptors (Lipinski definition) is 2.